The van der Waals surface area contributed by atoms with Gasteiger partial charge in [-0.3, -0.25) is 0 Å². The smallest absolute Gasteiger partial charge is 0.179 e. The molecule has 2 rings (SSSR count). The van der Waals surface area contributed by atoms with Gasteiger partial charge in [0.05, 0.1) is 24.4 Å². The van der Waals surface area contributed by atoms with Crippen LogP contribution >= 0.6 is 0 Å². The fraction of sp³-hybridized carbons (Fsp3) is 0.400. The summed E-state index contributed by atoms with van der Waals surface area (Å²) < 4.78 is 28.9. The first-order valence-corrected chi connectivity index (χ1v) is 6.46. The maximum Gasteiger partial charge on any atom is 0.179 e. The summed E-state index contributed by atoms with van der Waals surface area (Å²) in [6, 6.07) is 4.99. The van der Waals surface area contributed by atoms with Crippen molar-refractivity contribution in [1.29, 1.82) is 0 Å². The van der Waals surface area contributed by atoms with E-state index >= 15 is 0 Å². The zero-order valence-corrected chi connectivity index (χ0v) is 9.66. The molecule has 1 aliphatic rings. The molecule has 1 aliphatic heterocycles. The highest BCUT2D eigenvalue weighted by molar-refractivity contribution is 7.91. The van der Waals surface area contributed by atoms with Gasteiger partial charge in [0, 0.05) is 11.5 Å². The average Bonchev–Trinajstić information content (AvgIpc) is 2.51. The molecular weight excluding hydrogens is 230 g/mol. The molecule has 1 atom stereocenters. The summed E-state index contributed by atoms with van der Waals surface area (Å²) in [4.78, 5) is 4.88. The molecule has 0 fully saturated rings. The van der Waals surface area contributed by atoms with Crippen molar-refractivity contribution in [3.8, 4) is 5.75 Å². The number of fused-ring (bicyclic) bond motifs is 1. The zero-order valence-electron chi connectivity index (χ0n) is 8.84. The standard InChI is InChI=1S/C10H13NO4S/c1-14-8-3-2-4-9-10(8)7(5-15-11)6-16(9,12)13/h2-4,7H,5-6,11H2,1H3. The van der Waals surface area contributed by atoms with Gasteiger partial charge in [-0.05, 0) is 12.1 Å². The molecule has 0 saturated carbocycles. The third kappa shape index (κ3) is 1.68. The Balaban J connectivity index is 2.59. The highest BCUT2D eigenvalue weighted by Crippen LogP contribution is 2.40. The van der Waals surface area contributed by atoms with Crippen LogP contribution in [0.4, 0.5) is 0 Å². The van der Waals surface area contributed by atoms with Gasteiger partial charge in [0.1, 0.15) is 5.75 Å². The third-order valence-electron chi connectivity index (χ3n) is 2.71. The van der Waals surface area contributed by atoms with Crippen LogP contribution in [0.25, 0.3) is 0 Å². The Labute approximate surface area is 94.0 Å². The first-order chi connectivity index (χ1) is 7.60. The summed E-state index contributed by atoms with van der Waals surface area (Å²) in [6.07, 6.45) is 0. The summed E-state index contributed by atoms with van der Waals surface area (Å²) in [7, 11) is -1.71. The van der Waals surface area contributed by atoms with Crippen LogP contribution in [0.15, 0.2) is 23.1 Å². The van der Waals surface area contributed by atoms with E-state index in [1.165, 1.54) is 7.11 Å². The lowest BCUT2D eigenvalue weighted by Gasteiger charge is -2.11. The first-order valence-electron chi connectivity index (χ1n) is 4.81. The summed E-state index contributed by atoms with van der Waals surface area (Å²) in [5.41, 5.74) is 0.676. The van der Waals surface area contributed by atoms with Crippen LogP contribution in [-0.4, -0.2) is 27.9 Å². The number of methoxy groups -OCH3 is 1. The van der Waals surface area contributed by atoms with Crippen LogP contribution in [0.2, 0.25) is 0 Å². The average molecular weight is 243 g/mol. The number of ether oxygens (including phenoxy) is 1. The van der Waals surface area contributed by atoms with Crippen LogP contribution in [0, 0.1) is 0 Å². The van der Waals surface area contributed by atoms with Gasteiger partial charge in [0.2, 0.25) is 0 Å². The predicted octanol–water partition coefficient (Wildman–Crippen LogP) is 0.456. The van der Waals surface area contributed by atoms with Gasteiger partial charge in [0.15, 0.2) is 9.84 Å². The topological polar surface area (TPSA) is 78.6 Å². The van der Waals surface area contributed by atoms with Crippen molar-refractivity contribution in [3.05, 3.63) is 23.8 Å². The van der Waals surface area contributed by atoms with E-state index < -0.39 is 9.84 Å². The van der Waals surface area contributed by atoms with E-state index in [-0.39, 0.29) is 18.3 Å². The van der Waals surface area contributed by atoms with Crippen molar-refractivity contribution < 1.29 is 18.0 Å². The molecule has 88 valence electrons. The Bertz CT molecular complexity index is 498. The van der Waals surface area contributed by atoms with Crippen LogP contribution in [0.3, 0.4) is 0 Å². The van der Waals surface area contributed by atoms with E-state index in [4.69, 9.17) is 10.6 Å². The summed E-state index contributed by atoms with van der Waals surface area (Å²) >= 11 is 0. The molecule has 2 N–H and O–H groups in total. The number of rotatable bonds is 3. The normalized spacial score (nSPS) is 21.8. The van der Waals surface area contributed by atoms with Crippen molar-refractivity contribution in [2.24, 2.45) is 5.90 Å². The van der Waals surface area contributed by atoms with E-state index in [0.717, 1.165) is 0 Å². The Morgan fingerprint density at radius 1 is 1.50 bits per heavy atom. The lowest BCUT2D eigenvalue weighted by molar-refractivity contribution is 0.127. The predicted molar refractivity (Wildman–Crippen MR) is 57.9 cm³/mol. The van der Waals surface area contributed by atoms with Crippen LogP contribution in [0.1, 0.15) is 11.5 Å². The number of sulfone groups is 1. The summed E-state index contributed by atoms with van der Waals surface area (Å²) in [6.45, 7) is 0.173. The minimum atomic E-state index is -3.23. The van der Waals surface area contributed by atoms with Crippen LogP contribution in [0.5, 0.6) is 5.75 Å². The Hall–Kier alpha value is -1.11. The van der Waals surface area contributed by atoms with E-state index in [0.29, 0.717) is 16.2 Å². The third-order valence-corrected chi connectivity index (χ3v) is 4.57. The second-order valence-corrected chi connectivity index (χ2v) is 5.69. The van der Waals surface area contributed by atoms with Gasteiger partial charge < -0.3 is 9.57 Å². The molecule has 1 aromatic carbocycles. The van der Waals surface area contributed by atoms with E-state index in [1.807, 2.05) is 0 Å². The van der Waals surface area contributed by atoms with Gasteiger partial charge in [-0.1, -0.05) is 6.07 Å². The number of benzene rings is 1. The largest absolute Gasteiger partial charge is 0.496 e. The number of hydrogen-bond donors (Lipinski definition) is 1. The van der Waals surface area contributed by atoms with Gasteiger partial charge in [0.25, 0.3) is 0 Å². The van der Waals surface area contributed by atoms with E-state index in [1.54, 1.807) is 18.2 Å². The van der Waals surface area contributed by atoms with Crippen molar-refractivity contribution in [3.63, 3.8) is 0 Å². The van der Waals surface area contributed by atoms with Crippen LogP contribution < -0.4 is 10.6 Å². The highest BCUT2D eigenvalue weighted by atomic mass is 32.2. The minimum Gasteiger partial charge on any atom is -0.496 e. The summed E-state index contributed by atoms with van der Waals surface area (Å²) in [5, 5.41) is 0. The molecule has 0 aromatic heterocycles. The van der Waals surface area contributed by atoms with Gasteiger partial charge in [-0.25, -0.2) is 14.3 Å². The van der Waals surface area contributed by atoms with Crippen molar-refractivity contribution >= 4 is 9.84 Å². The SMILES string of the molecule is COc1cccc2c1C(CON)CS2(=O)=O. The molecular formula is C10H13NO4S. The molecule has 5 nitrogen and oxygen atoms in total. The maximum atomic E-state index is 11.9. The van der Waals surface area contributed by atoms with Crippen molar-refractivity contribution in [2.45, 2.75) is 10.8 Å². The fourth-order valence-corrected chi connectivity index (χ4v) is 3.92. The molecule has 0 spiro atoms. The molecule has 1 unspecified atom stereocenters. The van der Waals surface area contributed by atoms with Gasteiger partial charge in [-0.15, -0.1) is 0 Å². The zero-order chi connectivity index (χ0) is 11.8. The summed E-state index contributed by atoms with van der Waals surface area (Å²) in [5.74, 6) is 5.36. The monoisotopic (exact) mass is 243 g/mol. The Kier molecular flexibility index (Phi) is 2.88. The minimum absolute atomic E-state index is 0.0277. The lowest BCUT2D eigenvalue weighted by atomic mass is 10.0. The molecule has 0 amide bonds. The fourth-order valence-electron chi connectivity index (χ4n) is 2.06. The van der Waals surface area contributed by atoms with Crippen molar-refractivity contribution in [1.82, 2.24) is 0 Å². The van der Waals surface area contributed by atoms with E-state index in [9.17, 15) is 8.42 Å². The highest BCUT2D eigenvalue weighted by Gasteiger charge is 2.37. The molecule has 0 radical (unpaired) electrons. The Morgan fingerprint density at radius 3 is 2.88 bits per heavy atom. The quantitative estimate of drug-likeness (QED) is 0.780. The molecule has 0 aliphatic carbocycles. The second kappa shape index (κ2) is 4.04. The molecule has 6 heteroatoms. The van der Waals surface area contributed by atoms with Gasteiger partial charge in [-0.2, -0.15) is 0 Å². The molecule has 1 aromatic rings. The van der Waals surface area contributed by atoms with Gasteiger partial charge >= 0.3 is 0 Å². The first kappa shape index (κ1) is 11.4. The molecule has 0 bridgehead atoms. The second-order valence-electron chi connectivity index (χ2n) is 3.68. The number of nitrogens with two attached hydrogens (primary N) is 1. The lowest BCUT2D eigenvalue weighted by Crippen LogP contribution is -2.13. The maximum absolute atomic E-state index is 11.9. The van der Waals surface area contributed by atoms with E-state index in [2.05, 4.69) is 4.84 Å². The molecule has 0 saturated heterocycles. The van der Waals surface area contributed by atoms with Crippen LogP contribution in [-0.2, 0) is 14.7 Å². The number of hydrogen-bond acceptors (Lipinski definition) is 5. The Morgan fingerprint density at radius 2 is 2.25 bits per heavy atom. The molecule has 16 heavy (non-hydrogen) atoms. The van der Waals surface area contributed by atoms with Crippen molar-refractivity contribution in [2.75, 3.05) is 19.5 Å². The molecule has 1 heterocycles.